The van der Waals surface area contributed by atoms with E-state index in [1.807, 2.05) is 12.1 Å². The van der Waals surface area contributed by atoms with Crippen molar-refractivity contribution < 1.29 is 67.7 Å². The molecule has 36 nitrogen and oxygen atoms in total. The van der Waals surface area contributed by atoms with E-state index >= 15 is 0 Å². The number of aromatic hydroxyl groups is 1. The fraction of sp³-hybridized carbons (Fsp3) is 0.567. The SMILES string of the molecule is CSCCC(NC(=O)C(CS)NC(=O)C(N)CCCN=C(N)N)C(=O)NC(CC(C)C)C(=O)NCC(=O)NC(CCCN=C(N)N)C(=O)NC(C(=O)NC(Cc1ccc(O)cc1)C(=O)NC(CCCN=C(N)N)C(=O)N1CCCC1C(=O)NC(CS)C(=O)NC(Cc1c[nH]c2ccccc12)C(=O)O)C(C)C. The van der Waals surface area contributed by atoms with Crippen LogP contribution in [0.1, 0.15) is 103 Å². The fourth-order valence-electron chi connectivity index (χ4n) is 11.3. The van der Waals surface area contributed by atoms with Gasteiger partial charge in [-0.3, -0.25) is 67.7 Å². The average Bonchev–Trinajstić information content (AvgIpc) is 1.71. The molecule has 0 spiro atoms. The number of carbonyl (C=O) groups excluding carboxylic acids is 11. The first kappa shape index (κ1) is 88.6. The Morgan fingerprint density at radius 3 is 1.67 bits per heavy atom. The molecule has 0 saturated carbocycles. The normalized spacial score (nSPS) is 15.4. The van der Waals surface area contributed by atoms with E-state index in [2.05, 4.69) is 98.4 Å². The number of rotatable bonds is 46. The first-order chi connectivity index (χ1) is 50.3. The predicted molar refractivity (Wildman–Crippen MR) is 409 cm³/mol. The average molecular weight is 1540 g/mol. The summed E-state index contributed by atoms with van der Waals surface area (Å²) in [6.07, 6.45) is 4.27. The molecular weight excluding hydrogens is 1430 g/mol. The van der Waals surface area contributed by atoms with E-state index in [9.17, 15) is 67.7 Å². The summed E-state index contributed by atoms with van der Waals surface area (Å²) < 4.78 is 0. The molecule has 1 aliphatic heterocycles. The first-order valence-electron chi connectivity index (χ1n) is 34.8. The number of aliphatic carboxylic acids is 1. The van der Waals surface area contributed by atoms with Crippen LogP contribution in [0.15, 0.2) is 69.7 Å². The molecule has 586 valence electrons. The van der Waals surface area contributed by atoms with Crippen LogP contribution in [-0.4, -0.2) is 232 Å². The van der Waals surface area contributed by atoms with Crippen LogP contribution in [0, 0.1) is 11.8 Å². The lowest BCUT2D eigenvalue weighted by Gasteiger charge is -2.31. The van der Waals surface area contributed by atoms with Crippen molar-refractivity contribution in [2.24, 2.45) is 66.9 Å². The zero-order valence-corrected chi connectivity index (χ0v) is 62.9. The van der Waals surface area contributed by atoms with Gasteiger partial charge < -0.3 is 113 Å². The smallest absolute Gasteiger partial charge is 0.326 e. The lowest BCUT2D eigenvalue weighted by atomic mass is 9.99. The van der Waals surface area contributed by atoms with Crippen LogP contribution in [0.3, 0.4) is 0 Å². The maximum Gasteiger partial charge on any atom is 0.326 e. The number of aromatic amines is 1. The van der Waals surface area contributed by atoms with Gasteiger partial charge in [-0.15, -0.1) is 0 Å². The van der Waals surface area contributed by atoms with Crippen LogP contribution in [0.25, 0.3) is 10.9 Å². The third-order valence-corrected chi connectivity index (χ3v) is 18.3. The number of phenols is 1. The molecular formula is C67H106N22O14S3. The van der Waals surface area contributed by atoms with Crippen molar-refractivity contribution in [3.8, 4) is 5.75 Å². The highest BCUT2D eigenvalue weighted by Crippen LogP contribution is 2.23. The monoisotopic (exact) mass is 1540 g/mol. The number of nitrogens with two attached hydrogens (primary N) is 7. The number of likely N-dealkylation sites (tertiary alicyclic amines) is 1. The summed E-state index contributed by atoms with van der Waals surface area (Å²) >= 11 is 9.92. The van der Waals surface area contributed by atoms with Gasteiger partial charge in [-0.05, 0) is 117 Å². The number of hydrogen-bond acceptors (Lipinski definition) is 20. The molecule has 3 aromatic rings. The van der Waals surface area contributed by atoms with Gasteiger partial charge in [0, 0.05) is 67.6 Å². The highest BCUT2D eigenvalue weighted by Gasteiger charge is 2.41. The highest BCUT2D eigenvalue weighted by atomic mass is 32.2. The quantitative estimate of drug-likeness (QED) is 0.0111. The number of carboxylic acid groups (broad SMARTS) is 1. The van der Waals surface area contributed by atoms with E-state index in [4.69, 9.17) is 40.1 Å². The number of aliphatic imine (C=N–C) groups is 3. The summed E-state index contributed by atoms with van der Waals surface area (Å²) in [7, 11) is 0. The maximum atomic E-state index is 14.9. The van der Waals surface area contributed by atoms with Gasteiger partial charge in [-0.25, -0.2) is 4.79 Å². The molecule has 1 aliphatic rings. The Bertz CT molecular complexity index is 3550. The van der Waals surface area contributed by atoms with Crippen LogP contribution < -0.4 is 93.3 Å². The maximum absolute atomic E-state index is 14.9. The number of hydrogen-bond donors (Lipinski definition) is 22. The zero-order chi connectivity index (χ0) is 78.7. The van der Waals surface area contributed by atoms with Crippen molar-refractivity contribution in [3.05, 3.63) is 65.9 Å². The molecule has 2 heterocycles. The molecule has 2 aromatic carbocycles. The Labute approximate surface area is 630 Å². The summed E-state index contributed by atoms with van der Waals surface area (Å²) in [5.74, 6) is -11.8. The van der Waals surface area contributed by atoms with Crippen LogP contribution in [-0.2, 0) is 70.4 Å². The number of phenolic OH excluding ortho intramolecular Hbond substituents is 1. The third-order valence-electron chi connectivity index (χ3n) is 16.9. The molecule has 4 rings (SSSR count). The summed E-state index contributed by atoms with van der Waals surface area (Å²) in [5.41, 5.74) is 41.0. The van der Waals surface area contributed by atoms with Crippen LogP contribution in [0.5, 0.6) is 5.75 Å². The van der Waals surface area contributed by atoms with Gasteiger partial charge in [0.25, 0.3) is 0 Å². The number of benzene rings is 2. The van der Waals surface area contributed by atoms with Crippen molar-refractivity contribution in [1.82, 2.24) is 63.1 Å². The van der Waals surface area contributed by atoms with Gasteiger partial charge >= 0.3 is 5.97 Å². The molecule has 11 unspecified atom stereocenters. The number of thiol groups is 2. The van der Waals surface area contributed by atoms with Crippen LogP contribution in [0.2, 0.25) is 0 Å². The number of aromatic nitrogens is 1. The molecule has 106 heavy (non-hydrogen) atoms. The number of guanidine groups is 3. The molecule has 11 amide bonds. The zero-order valence-electron chi connectivity index (χ0n) is 60.3. The Kier molecular flexibility index (Phi) is 38.1. The summed E-state index contributed by atoms with van der Waals surface area (Å²) in [6.45, 7) is 6.32. The fourth-order valence-corrected chi connectivity index (χ4v) is 12.3. The molecule has 27 N–H and O–H groups in total. The van der Waals surface area contributed by atoms with E-state index in [0.29, 0.717) is 29.7 Å². The second-order valence-electron chi connectivity index (χ2n) is 26.2. The van der Waals surface area contributed by atoms with E-state index < -0.39 is 150 Å². The lowest BCUT2D eigenvalue weighted by Crippen LogP contribution is -2.61. The summed E-state index contributed by atoms with van der Waals surface area (Å²) in [4.78, 5) is 184. The Hall–Kier alpha value is -9.76. The molecule has 1 aromatic heterocycles. The van der Waals surface area contributed by atoms with Crippen molar-refractivity contribution in [1.29, 1.82) is 0 Å². The molecule has 0 radical (unpaired) electrons. The molecule has 11 atom stereocenters. The largest absolute Gasteiger partial charge is 0.508 e. The predicted octanol–water partition coefficient (Wildman–Crippen LogP) is -3.98. The van der Waals surface area contributed by atoms with Crippen molar-refractivity contribution >= 4 is 137 Å². The van der Waals surface area contributed by atoms with E-state index in [1.165, 1.54) is 40.9 Å². The molecule has 1 fully saturated rings. The minimum Gasteiger partial charge on any atom is -0.508 e. The number of amides is 11. The van der Waals surface area contributed by atoms with Gasteiger partial charge in [-0.1, -0.05) is 58.0 Å². The second kappa shape index (κ2) is 45.6. The van der Waals surface area contributed by atoms with Crippen LogP contribution in [0.4, 0.5) is 0 Å². The Balaban J connectivity index is 1.54. The van der Waals surface area contributed by atoms with E-state index in [0.717, 1.165) is 10.9 Å². The number of nitrogens with zero attached hydrogens (tertiary/aromatic N) is 4. The van der Waals surface area contributed by atoms with E-state index in [1.54, 1.807) is 52.3 Å². The molecule has 1 saturated heterocycles. The van der Waals surface area contributed by atoms with Gasteiger partial charge in [0.1, 0.15) is 66.2 Å². The number of carboxylic acids is 1. The third kappa shape index (κ3) is 30.4. The number of H-pyrrole nitrogens is 1. The number of nitrogens with one attached hydrogen (secondary N) is 11. The lowest BCUT2D eigenvalue weighted by molar-refractivity contribution is -0.143. The second-order valence-corrected chi connectivity index (χ2v) is 27.9. The highest BCUT2D eigenvalue weighted by molar-refractivity contribution is 7.98. The Morgan fingerprint density at radius 1 is 0.585 bits per heavy atom. The first-order valence-corrected chi connectivity index (χ1v) is 37.4. The Morgan fingerprint density at radius 2 is 1.09 bits per heavy atom. The molecule has 39 heteroatoms. The van der Waals surface area contributed by atoms with Gasteiger partial charge in [-0.2, -0.15) is 37.0 Å². The number of thioether (sulfide) groups is 1. The number of carbonyl (C=O) groups is 12. The number of fused-ring (bicyclic) bond motifs is 1. The minimum absolute atomic E-state index is 0.0000266. The van der Waals surface area contributed by atoms with Crippen molar-refractivity contribution in [2.45, 2.75) is 171 Å². The van der Waals surface area contributed by atoms with Gasteiger partial charge in [0.05, 0.1) is 12.6 Å². The number of para-hydroxylation sites is 1. The van der Waals surface area contributed by atoms with Gasteiger partial charge in [0.2, 0.25) is 65.0 Å². The minimum atomic E-state index is -1.51. The molecule has 0 bridgehead atoms. The van der Waals surface area contributed by atoms with Crippen LogP contribution >= 0.6 is 37.0 Å². The summed E-state index contributed by atoms with van der Waals surface area (Å²) in [5, 5.41) is 47.4. The summed E-state index contributed by atoms with van der Waals surface area (Å²) in [6, 6.07) is -1.46. The standard InChI is InChI=1S/C67H106N22O14S3/c1-35(2)28-46(83-56(94)44(22-27-106-5)81-59(97)49(33-104)86-54(92)41(68)13-8-23-75-65(69)70)55(93)79-32-52(91)80-43(15-9-24-76-66(71)72)57(95)88-53(36(3)4)62(100)84-47(29-37-18-20-39(90)21-19-37)58(96)82-45(16-10-25-77-67(73)74)63(101)89-26-11-17-51(89)61(99)87-50(34-105)60(98)85-48(64(102)103)30-38-31-78-42-14-7-6-12-40(38)42/h6-7,12,14,18-21,31,35-36,41,43-51,53,78,90,104-105H,8-11,13,15-17,22-30,32-34,68H2,1-5H3,(H,79,93)(H,80,91)(H,81,97)(H,82,96)(H,83,94)(H,84,100)(H,85,98)(H,86,92)(H,87,99)(H,88,95)(H,102,103)(H4,69,70,75)(H4,71,72,76)(H4,73,74,77). The van der Waals surface area contributed by atoms with Gasteiger partial charge in [0.15, 0.2) is 17.9 Å². The van der Waals surface area contributed by atoms with Crippen molar-refractivity contribution in [2.75, 3.05) is 56.2 Å². The molecule has 0 aliphatic carbocycles. The van der Waals surface area contributed by atoms with Crippen molar-refractivity contribution in [3.63, 3.8) is 0 Å². The topological polar surface area (TPSA) is 604 Å². The van der Waals surface area contributed by atoms with E-state index in [-0.39, 0.29) is 131 Å².